The van der Waals surface area contributed by atoms with Gasteiger partial charge in [0, 0.05) is 5.02 Å². The minimum atomic E-state index is -0.719. The molecule has 0 bridgehead atoms. The fourth-order valence-corrected chi connectivity index (χ4v) is 6.28. The van der Waals surface area contributed by atoms with E-state index in [4.69, 9.17) is 25.8 Å². The summed E-state index contributed by atoms with van der Waals surface area (Å²) in [6.45, 7) is 4.09. The first-order valence-electron chi connectivity index (χ1n) is 12.8. The van der Waals surface area contributed by atoms with E-state index in [1.807, 2.05) is 66.7 Å². The fourth-order valence-electron chi connectivity index (χ4n) is 4.55. The van der Waals surface area contributed by atoms with Crippen molar-refractivity contribution in [3.05, 3.63) is 124 Å². The smallest absolute Gasteiger partial charge is 0.338 e. The van der Waals surface area contributed by atoms with Gasteiger partial charge in [-0.2, -0.15) is 0 Å². The number of allylic oxidation sites excluding steroid dienone is 1. The number of hydrogen-bond donors (Lipinski definition) is 0. The van der Waals surface area contributed by atoms with Crippen molar-refractivity contribution in [2.75, 3.05) is 13.7 Å². The molecule has 4 aromatic rings. The van der Waals surface area contributed by atoms with Crippen LogP contribution in [0.1, 0.15) is 36.6 Å². The molecular weight excluding hydrogens is 628 g/mol. The summed E-state index contributed by atoms with van der Waals surface area (Å²) in [5.41, 5.74) is 3.08. The van der Waals surface area contributed by atoms with Gasteiger partial charge in [-0.3, -0.25) is 9.36 Å². The van der Waals surface area contributed by atoms with Crippen molar-refractivity contribution in [1.29, 1.82) is 0 Å². The fraction of sp³-hybridized carbons (Fsp3) is 0.194. The Bertz CT molecular complexity index is 1830. The van der Waals surface area contributed by atoms with Crippen LogP contribution in [0, 0.1) is 0 Å². The van der Waals surface area contributed by atoms with E-state index in [0.717, 1.165) is 16.7 Å². The monoisotopic (exact) mass is 652 g/mol. The van der Waals surface area contributed by atoms with Gasteiger partial charge in [0.1, 0.15) is 18.1 Å². The van der Waals surface area contributed by atoms with Gasteiger partial charge in [-0.05, 0) is 88.9 Å². The van der Waals surface area contributed by atoms with Crippen molar-refractivity contribution < 1.29 is 19.0 Å². The maximum absolute atomic E-state index is 13.9. The zero-order valence-electron chi connectivity index (χ0n) is 22.5. The number of esters is 1. The largest absolute Gasteiger partial charge is 0.496 e. The number of carbonyl (C=O) groups is 1. The Morgan fingerprint density at radius 3 is 2.63 bits per heavy atom. The van der Waals surface area contributed by atoms with Crippen LogP contribution in [0.5, 0.6) is 11.5 Å². The molecule has 0 spiro atoms. The highest BCUT2D eigenvalue weighted by molar-refractivity contribution is 9.10. The molecule has 0 amide bonds. The van der Waals surface area contributed by atoms with E-state index in [-0.39, 0.29) is 12.2 Å². The second-order valence-electron chi connectivity index (χ2n) is 9.18. The Hall–Kier alpha value is -3.66. The van der Waals surface area contributed by atoms with Crippen molar-refractivity contribution in [3.63, 3.8) is 0 Å². The highest BCUT2D eigenvalue weighted by atomic mass is 79.9. The summed E-state index contributed by atoms with van der Waals surface area (Å²) in [5, 5.41) is 0.670. The number of methoxy groups -OCH3 is 1. The number of aromatic nitrogens is 1. The summed E-state index contributed by atoms with van der Waals surface area (Å²) in [5.74, 6) is 0.797. The van der Waals surface area contributed by atoms with Gasteiger partial charge in [-0.25, -0.2) is 9.79 Å². The normalized spacial score (nSPS) is 14.9. The van der Waals surface area contributed by atoms with Crippen LogP contribution in [-0.2, 0) is 16.1 Å². The number of carbonyl (C=O) groups excluding carboxylic acids is 1. The molecule has 2 heterocycles. The first-order valence-corrected chi connectivity index (χ1v) is 14.8. The van der Waals surface area contributed by atoms with Crippen LogP contribution in [-0.4, -0.2) is 24.3 Å². The number of thiazole rings is 1. The molecular formula is C31H26BrClN2O5S. The number of fused-ring (bicyclic) bond motifs is 1. The number of hydrogen-bond acceptors (Lipinski definition) is 7. The third-order valence-electron chi connectivity index (χ3n) is 6.48. The zero-order chi connectivity index (χ0) is 29.1. The number of ether oxygens (including phenoxy) is 3. The van der Waals surface area contributed by atoms with Crippen LogP contribution >= 0.6 is 38.9 Å². The van der Waals surface area contributed by atoms with Crippen LogP contribution in [0.25, 0.3) is 6.08 Å². The molecule has 0 radical (unpaired) electrons. The van der Waals surface area contributed by atoms with Crippen molar-refractivity contribution in [1.82, 2.24) is 4.57 Å². The van der Waals surface area contributed by atoms with Gasteiger partial charge >= 0.3 is 5.97 Å². The maximum atomic E-state index is 13.9. The minimum absolute atomic E-state index is 0.204. The first kappa shape index (κ1) is 28.9. The molecule has 1 atom stereocenters. The lowest BCUT2D eigenvalue weighted by Gasteiger charge is -2.25. The van der Waals surface area contributed by atoms with Crippen molar-refractivity contribution in [3.8, 4) is 11.5 Å². The number of benzene rings is 3. The Kier molecular flexibility index (Phi) is 8.77. The lowest BCUT2D eigenvalue weighted by Crippen LogP contribution is -2.39. The Balaban J connectivity index is 1.55. The molecule has 0 saturated heterocycles. The van der Waals surface area contributed by atoms with E-state index in [0.29, 0.717) is 48.2 Å². The summed E-state index contributed by atoms with van der Waals surface area (Å²) in [7, 11) is 1.58. The summed E-state index contributed by atoms with van der Waals surface area (Å²) in [6.07, 6.45) is 1.81. The van der Waals surface area contributed by atoms with Crippen molar-refractivity contribution in [2.45, 2.75) is 26.5 Å². The third-order valence-corrected chi connectivity index (χ3v) is 8.34. The van der Waals surface area contributed by atoms with Crippen LogP contribution in [0.4, 0.5) is 0 Å². The van der Waals surface area contributed by atoms with Gasteiger partial charge in [0.15, 0.2) is 4.80 Å². The van der Waals surface area contributed by atoms with E-state index in [9.17, 15) is 9.59 Å². The highest BCUT2D eigenvalue weighted by Crippen LogP contribution is 2.35. The predicted molar refractivity (Wildman–Crippen MR) is 163 cm³/mol. The molecule has 0 saturated carbocycles. The van der Waals surface area contributed by atoms with Gasteiger partial charge in [-0.1, -0.05) is 53.3 Å². The molecule has 0 aliphatic carbocycles. The molecule has 210 valence electrons. The van der Waals surface area contributed by atoms with Crippen LogP contribution in [0.15, 0.2) is 92.3 Å². The second kappa shape index (κ2) is 12.5. The number of halogens is 2. The molecule has 5 rings (SSSR count). The molecule has 0 fully saturated rings. The molecule has 0 N–H and O–H groups in total. The molecule has 3 aromatic carbocycles. The predicted octanol–water partition coefficient (Wildman–Crippen LogP) is 5.80. The summed E-state index contributed by atoms with van der Waals surface area (Å²) >= 11 is 10.8. The second-order valence-corrected chi connectivity index (χ2v) is 11.5. The van der Waals surface area contributed by atoms with Crippen molar-refractivity contribution >= 4 is 50.9 Å². The highest BCUT2D eigenvalue weighted by Gasteiger charge is 2.33. The summed E-state index contributed by atoms with van der Waals surface area (Å²) < 4.78 is 19.5. The van der Waals surface area contributed by atoms with Crippen LogP contribution in [0.3, 0.4) is 0 Å². The van der Waals surface area contributed by atoms with E-state index in [1.165, 1.54) is 11.3 Å². The molecule has 1 aliphatic heterocycles. The quantitative estimate of drug-likeness (QED) is 0.225. The van der Waals surface area contributed by atoms with E-state index < -0.39 is 12.0 Å². The van der Waals surface area contributed by atoms with Gasteiger partial charge < -0.3 is 14.2 Å². The standard InChI is InChI=1S/C31H26BrClN2O5S/c1-4-39-30(37)27-18(2)34-31-35(28(27)21-10-13-25(38-3)24(32)16-21)29(36)26(41-31)15-20-6-5-7-23(14-20)40-17-19-8-11-22(33)12-9-19/h5-16,28H,4,17H2,1-3H3/b26-15+/t28-/m0/s1. The van der Waals surface area contributed by atoms with E-state index in [2.05, 4.69) is 20.9 Å². The molecule has 10 heteroatoms. The van der Waals surface area contributed by atoms with E-state index in [1.54, 1.807) is 31.6 Å². The zero-order valence-corrected chi connectivity index (χ0v) is 25.7. The SMILES string of the molecule is CCOC(=O)C1=C(C)N=c2s/c(=C/c3cccc(OCc4ccc(Cl)cc4)c3)c(=O)n2[C@H]1c1ccc(OC)c(Br)c1. The average Bonchev–Trinajstić information content (AvgIpc) is 3.26. The van der Waals surface area contributed by atoms with E-state index >= 15 is 0 Å². The summed E-state index contributed by atoms with van der Waals surface area (Å²) in [4.78, 5) is 32.2. The number of rotatable bonds is 8. The molecule has 7 nitrogen and oxygen atoms in total. The van der Waals surface area contributed by atoms with Crippen LogP contribution in [0.2, 0.25) is 5.02 Å². The Labute approximate surface area is 254 Å². The van der Waals surface area contributed by atoms with Gasteiger partial charge in [0.05, 0.1) is 40.0 Å². The van der Waals surface area contributed by atoms with Gasteiger partial charge in [0.25, 0.3) is 5.56 Å². The van der Waals surface area contributed by atoms with Crippen LogP contribution < -0.4 is 24.4 Å². The third kappa shape index (κ3) is 6.17. The lowest BCUT2D eigenvalue weighted by molar-refractivity contribution is -0.139. The number of nitrogens with zero attached hydrogens (tertiary/aromatic N) is 2. The molecule has 1 aliphatic rings. The minimum Gasteiger partial charge on any atom is -0.496 e. The topological polar surface area (TPSA) is 79.1 Å². The van der Waals surface area contributed by atoms with Gasteiger partial charge in [-0.15, -0.1) is 0 Å². The first-order chi connectivity index (χ1) is 19.8. The lowest BCUT2D eigenvalue weighted by atomic mass is 9.96. The molecule has 0 unspecified atom stereocenters. The molecule has 1 aromatic heterocycles. The molecule has 41 heavy (non-hydrogen) atoms. The van der Waals surface area contributed by atoms with Crippen molar-refractivity contribution in [2.24, 2.45) is 4.99 Å². The summed E-state index contributed by atoms with van der Waals surface area (Å²) in [6, 6.07) is 19.8. The Morgan fingerprint density at radius 1 is 1.15 bits per heavy atom. The Morgan fingerprint density at radius 2 is 1.93 bits per heavy atom. The van der Waals surface area contributed by atoms with Gasteiger partial charge in [0.2, 0.25) is 0 Å². The maximum Gasteiger partial charge on any atom is 0.338 e. The average molecular weight is 654 g/mol.